The van der Waals surface area contributed by atoms with Crippen LogP contribution < -0.4 is 16.2 Å². The summed E-state index contributed by atoms with van der Waals surface area (Å²) < 4.78 is 0.694. The van der Waals surface area contributed by atoms with E-state index in [4.69, 9.17) is 10.9 Å². The minimum atomic E-state index is 0.0695. The van der Waals surface area contributed by atoms with Crippen LogP contribution in [0.25, 0.3) is 0 Å². The zero-order valence-electron chi connectivity index (χ0n) is 9.31. The Bertz CT molecular complexity index is 347. The first kappa shape index (κ1) is 13.1. The Balaban J connectivity index is 3.08. The van der Waals surface area contributed by atoms with E-state index >= 15 is 0 Å². The summed E-state index contributed by atoms with van der Waals surface area (Å²) in [5.74, 6) is 6.57. The molecule has 0 aliphatic carbocycles. The van der Waals surface area contributed by atoms with Crippen LogP contribution in [0.5, 0.6) is 0 Å². The minimum absolute atomic E-state index is 0.0695. The van der Waals surface area contributed by atoms with Gasteiger partial charge in [-0.05, 0) is 29.8 Å². The molecule has 0 bridgehead atoms. The summed E-state index contributed by atoms with van der Waals surface area (Å²) in [4.78, 5) is 10.1. The average molecular weight is 290 g/mol. The third kappa shape index (κ3) is 2.81. The van der Waals surface area contributed by atoms with Crippen molar-refractivity contribution in [3.05, 3.63) is 10.8 Å². The summed E-state index contributed by atoms with van der Waals surface area (Å²) in [5, 5.41) is 9.02. The van der Waals surface area contributed by atoms with Crippen molar-refractivity contribution < 1.29 is 5.11 Å². The number of nitrogen functional groups attached to an aromatic ring is 1. The number of halogens is 1. The first-order valence-corrected chi connectivity index (χ1v) is 5.75. The fourth-order valence-electron chi connectivity index (χ4n) is 1.38. The highest BCUT2D eigenvalue weighted by Gasteiger charge is 2.17. The molecule has 0 radical (unpaired) electrons. The Morgan fingerprint density at radius 3 is 2.75 bits per heavy atom. The lowest BCUT2D eigenvalue weighted by molar-refractivity contribution is 0.298. The zero-order chi connectivity index (χ0) is 12.1. The number of hydrazine groups is 1. The molecule has 0 unspecified atom stereocenters. The maximum absolute atomic E-state index is 9.02. The number of rotatable bonds is 5. The number of hydrogen-bond donors (Lipinski definition) is 3. The second-order valence-electron chi connectivity index (χ2n) is 3.51. The second kappa shape index (κ2) is 5.97. The van der Waals surface area contributed by atoms with Gasteiger partial charge in [0.05, 0.1) is 6.61 Å². The van der Waals surface area contributed by atoms with E-state index in [-0.39, 0.29) is 12.6 Å². The van der Waals surface area contributed by atoms with Crippen LogP contribution in [-0.4, -0.2) is 34.3 Å². The molecule has 0 saturated carbocycles. The van der Waals surface area contributed by atoms with Gasteiger partial charge in [-0.1, -0.05) is 0 Å². The van der Waals surface area contributed by atoms with E-state index in [1.54, 1.807) is 0 Å². The first-order valence-electron chi connectivity index (χ1n) is 4.96. The number of nitrogens with one attached hydrogen (secondary N) is 1. The highest BCUT2D eigenvalue weighted by molar-refractivity contribution is 9.10. The van der Waals surface area contributed by atoms with E-state index in [1.807, 2.05) is 18.7 Å². The fraction of sp³-hybridized carbons (Fsp3) is 0.556. The van der Waals surface area contributed by atoms with E-state index in [2.05, 4.69) is 31.3 Å². The van der Waals surface area contributed by atoms with E-state index in [1.165, 1.54) is 6.33 Å². The Morgan fingerprint density at radius 1 is 1.56 bits per heavy atom. The highest BCUT2D eigenvalue weighted by atomic mass is 79.9. The summed E-state index contributed by atoms with van der Waals surface area (Å²) in [7, 11) is 0. The molecular formula is C9H16BrN5O. The SMILES string of the molecule is CC(C)N(CCO)c1ncnc(NN)c1Br. The zero-order valence-corrected chi connectivity index (χ0v) is 10.9. The molecule has 1 aromatic heterocycles. The van der Waals surface area contributed by atoms with Crippen LogP contribution in [0.15, 0.2) is 10.8 Å². The van der Waals surface area contributed by atoms with Gasteiger partial charge in [0.1, 0.15) is 16.6 Å². The average Bonchev–Trinajstić information content (AvgIpc) is 2.26. The standard InChI is InChI=1S/C9H16BrN5O/c1-6(2)15(3-4-16)9-7(10)8(14-11)12-5-13-9/h5-6,16H,3-4,11H2,1-2H3,(H,12,13,14). The van der Waals surface area contributed by atoms with Crippen molar-refractivity contribution in [2.45, 2.75) is 19.9 Å². The van der Waals surface area contributed by atoms with Gasteiger partial charge in [-0.2, -0.15) is 0 Å². The Labute approximate surface area is 103 Å². The van der Waals surface area contributed by atoms with Gasteiger partial charge in [-0.15, -0.1) is 0 Å². The normalized spacial score (nSPS) is 10.6. The highest BCUT2D eigenvalue weighted by Crippen LogP contribution is 2.29. The molecule has 1 rings (SSSR count). The maximum atomic E-state index is 9.02. The molecule has 0 fully saturated rings. The van der Waals surface area contributed by atoms with Crippen molar-refractivity contribution >= 4 is 27.6 Å². The monoisotopic (exact) mass is 289 g/mol. The van der Waals surface area contributed by atoms with Crippen molar-refractivity contribution in [3.8, 4) is 0 Å². The van der Waals surface area contributed by atoms with Crippen molar-refractivity contribution in [1.29, 1.82) is 0 Å². The molecule has 0 aliphatic rings. The van der Waals surface area contributed by atoms with E-state index in [0.29, 0.717) is 22.7 Å². The van der Waals surface area contributed by atoms with Crippen LogP contribution in [-0.2, 0) is 0 Å². The molecule has 16 heavy (non-hydrogen) atoms. The molecule has 0 amide bonds. The first-order chi connectivity index (χ1) is 7.61. The van der Waals surface area contributed by atoms with Crippen LogP contribution in [0.1, 0.15) is 13.8 Å². The molecule has 1 aromatic rings. The summed E-state index contributed by atoms with van der Waals surface area (Å²) in [6.45, 7) is 4.64. The molecule has 0 atom stereocenters. The van der Waals surface area contributed by atoms with E-state index < -0.39 is 0 Å². The van der Waals surface area contributed by atoms with E-state index in [0.717, 1.165) is 0 Å². The molecule has 0 aromatic carbocycles. The molecule has 1 heterocycles. The van der Waals surface area contributed by atoms with Gasteiger partial charge in [0.15, 0.2) is 5.82 Å². The molecular weight excluding hydrogens is 274 g/mol. The summed E-state index contributed by atoms with van der Waals surface area (Å²) >= 11 is 3.39. The topological polar surface area (TPSA) is 87.3 Å². The summed E-state index contributed by atoms with van der Waals surface area (Å²) in [6.07, 6.45) is 1.43. The van der Waals surface area contributed by atoms with Crippen LogP contribution in [0.4, 0.5) is 11.6 Å². The lowest BCUT2D eigenvalue weighted by Crippen LogP contribution is -2.34. The molecule has 0 saturated heterocycles. The van der Waals surface area contributed by atoms with Gasteiger partial charge in [-0.3, -0.25) is 0 Å². The Hall–Kier alpha value is -0.920. The molecule has 6 nitrogen and oxygen atoms in total. The lowest BCUT2D eigenvalue weighted by atomic mass is 10.3. The van der Waals surface area contributed by atoms with Crippen molar-refractivity contribution in [3.63, 3.8) is 0 Å². The van der Waals surface area contributed by atoms with E-state index in [9.17, 15) is 0 Å². The molecule has 4 N–H and O–H groups in total. The number of aromatic nitrogens is 2. The van der Waals surface area contributed by atoms with Crippen molar-refractivity contribution in [1.82, 2.24) is 9.97 Å². The number of hydrogen-bond acceptors (Lipinski definition) is 6. The molecule has 0 aliphatic heterocycles. The van der Waals surface area contributed by atoms with Gasteiger partial charge in [-0.25, -0.2) is 15.8 Å². The Morgan fingerprint density at radius 2 is 2.25 bits per heavy atom. The number of aliphatic hydroxyl groups excluding tert-OH is 1. The van der Waals surface area contributed by atoms with Crippen molar-refractivity contribution in [2.75, 3.05) is 23.5 Å². The number of aliphatic hydroxyl groups is 1. The maximum Gasteiger partial charge on any atom is 0.159 e. The number of nitrogens with two attached hydrogens (primary N) is 1. The number of nitrogens with zero attached hydrogens (tertiary/aromatic N) is 3. The summed E-state index contributed by atoms with van der Waals surface area (Å²) in [5.41, 5.74) is 2.48. The smallest absolute Gasteiger partial charge is 0.159 e. The molecule has 90 valence electrons. The van der Waals surface area contributed by atoms with Gasteiger partial charge in [0, 0.05) is 12.6 Å². The van der Waals surface area contributed by atoms with Crippen molar-refractivity contribution in [2.24, 2.45) is 5.84 Å². The molecule has 0 spiro atoms. The van der Waals surface area contributed by atoms with Crippen LogP contribution in [0.3, 0.4) is 0 Å². The fourth-order valence-corrected chi connectivity index (χ4v) is 1.92. The predicted molar refractivity (Wildman–Crippen MR) is 67.1 cm³/mol. The predicted octanol–water partition coefficient (Wildman–Crippen LogP) is 0.732. The van der Waals surface area contributed by atoms with Gasteiger partial charge in [0.25, 0.3) is 0 Å². The number of anilines is 2. The second-order valence-corrected chi connectivity index (χ2v) is 4.31. The third-order valence-electron chi connectivity index (χ3n) is 2.14. The van der Waals surface area contributed by atoms with Crippen LogP contribution >= 0.6 is 15.9 Å². The quantitative estimate of drug-likeness (QED) is 0.547. The minimum Gasteiger partial charge on any atom is -0.395 e. The largest absolute Gasteiger partial charge is 0.395 e. The Kier molecular flexibility index (Phi) is 4.91. The molecule has 7 heteroatoms. The van der Waals surface area contributed by atoms with Gasteiger partial charge >= 0.3 is 0 Å². The van der Waals surface area contributed by atoms with Gasteiger partial charge in [0.2, 0.25) is 0 Å². The van der Waals surface area contributed by atoms with Gasteiger partial charge < -0.3 is 15.4 Å². The lowest BCUT2D eigenvalue weighted by Gasteiger charge is -2.28. The van der Waals surface area contributed by atoms with Crippen LogP contribution in [0, 0.1) is 0 Å². The van der Waals surface area contributed by atoms with Crippen LogP contribution in [0.2, 0.25) is 0 Å². The summed E-state index contributed by atoms with van der Waals surface area (Å²) in [6, 6.07) is 0.226. The third-order valence-corrected chi connectivity index (χ3v) is 2.87.